The van der Waals surface area contributed by atoms with E-state index >= 15 is 0 Å². The van der Waals surface area contributed by atoms with E-state index in [1.54, 1.807) is 0 Å². The van der Waals surface area contributed by atoms with Gasteiger partial charge in [0.2, 0.25) is 0 Å². The molecule has 0 spiro atoms. The van der Waals surface area contributed by atoms with Gasteiger partial charge in [-0.1, -0.05) is 17.7 Å². The van der Waals surface area contributed by atoms with Crippen molar-refractivity contribution in [3.05, 3.63) is 51.3 Å². The van der Waals surface area contributed by atoms with Gasteiger partial charge in [0.1, 0.15) is 0 Å². The Hall–Kier alpha value is -2.43. The van der Waals surface area contributed by atoms with Crippen LogP contribution in [0.4, 0.5) is 0 Å². The molecule has 0 atom stereocenters. The van der Waals surface area contributed by atoms with Crippen LogP contribution in [0.2, 0.25) is 0 Å². The molecule has 1 aromatic heterocycles. The van der Waals surface area contributed by atoms with Crippen LogP contribution in [0.15, 0.2) is 29.1 Å². The summed E-state index contributed by atoms with van der Waals surface area (Å²) in [5.41, 5.74) is 3.31. The maximum Gasteiger partial charge on any atom is 0.308 e. The molecule has 0 aliphatic rings. The Morgan fingerprint density at radius 1 is 1.32 bits per heavy atom. The topological polar surface area (TPSA) is 83.0 Å². The van der Waals surface area contributed by atoms with Crippen LogP contribution in [0.1, 0.15) is 16.7 Å². The van der Waals surface area contributed by atoms with Crippen LogP contribution in [0.3, 0.4) is 0 Å². The molecule has 5 heteroatoms. The second kappa shape index (κ2) is 5.06. The fourth-order valence-corrected chi connectivity index (χ4v) is 1.89. The number of carboxylic acid groups (broad SMARTS) is 1. The van der Waals surface area contributed by atoms with E-state index < -0.39 is 11.5 Å². The number of aromatic amines is 1. The third kappa shape index (κ3) is 2.88. The van der Waals surface area contributed by atoms with Crippen molar-refractivity contribution in [2.24, 2.45) is 0 Å². The molecule has 0 saturated heterocycles. The summed E-state index contributed by atoms with van der Waals surface area (Å²) in [5, 5.41) is 15.1. The molecule has 2 N–H and O–H groups in total. The third-order valence-electron chi connectivity index (χ3n) is 2.89. The minimum Gasteiger partial charge on any atom is -0.481 e. The molecule has 0 bridgehead atoms. The minimum atomic E-state index is -1.04. The molecule has 0 unspecified atom stereocenters. The summed E-state index contributed by atoms with van der Waals surface area (Å²) in [6.07, 6.45) is -0.310. The van der Waals surface area contributed by atoms with Gasteiger partial charge in [-0.05, 0) is 31.5 Å². The Bertz CT molecular complexity index is 689. The Morgan fingerprint density at radius 3 is 2.74 bits per heavy atom. The molecule has 0 aliphatic heterocycles. The highest BCUT2D eigenvalue weighted by Gasteiger charge is 2.10. The van der Waals surface area contributed by atoms with E-state index in [-0.39, 0.29) is 12.0 Å². The van der Waals surface area contributed by atoms with Gasteiger partial charge in [-0.25, -0.2) is 5.10 Å². The average molecular weight is 258 g/mol. The van der Waals surface area contributed by atoms with Gasteiger partial charge in [-0.15, -0.1) is 0 Å². The Balaban J connectivity index is 2.54. The quantitative estimate of drug-likeness (QED) is 0.877. The number of H-pyrrole nitrogens is 1. The van der Waals surface area contributed by atoms with Crippen molar-refractivity contribution in [1.82, 2.24) is 10.2 Å². The van der Waals surface area contributed by atoms with Crippen LogP contribution >= 0.6 is 0 Å². The maximum atomic E-state index is 11.5. The van der Waals surface area contributed by atoms with Crippen LogP contribution < -0.4 is 5.56 Å². The number of nitrogens with one attached hydrogen (secondary N) is 1. The molecule has 0 radical (unpaired) electrons. The first-order valence-corrected chi connectivity index (χ1v) is 5.85. The Morgan fingerprint density at radius 2 is 2.05 bits per heavy atom. The molecule has 0 saturated carbocycles. The Labute approximate surface area is 109 Å². The molecule has 98 valence electrons. The number of benzene rings is 1. The van der Waals surface area contributed by atoms with Crippen molar-refractivity contribution < 1.29 is 9.90 Å². The first-order chi connectivity index (χ1) is 8.97. The van der Waals surface area contributed by atoms with Crippen molar-refractivity contribution in [1.29, 1.82) is 0 Å². The Kier molecular flexibility index (Phi) is 3.46. The molecule has 0 aliphatic carbocycles. The highest BCUT2D eigenvalue weighted by molar-refractivity contribution is 5.71. The molecule has 1 aromatic carbocycles. The highest BCUT2D eigenvalue weighted by Crippen LogP contribution is 2.22. The molecular weight excluding hydrogens is 244 g/mol. The number of aryl methyl sites for hydroxylation is 2. The second-order valence-electron chi connectivity index (χ2n) is 4.50. The first-order valence-electron chi connectivity index (χ1n) is 5.85. The van der Waals surface area contributed by atoms with Crippen LogP contribution in [-0.2, 0) is 11.2 Å². The zero-order valence-electron chi connectivity index (χ0n) is 10.7. The lowest BCUT2D eigenvalue weighted by Crippen LogP contribution is -2.17. The van der Waals surface area contributed by atoms with E-state index in [0.717, 1.165) is 16.7 Å². The average Bonchev–Trinajstić information content (AvgIpc) is 2.34. The van der Waals surface area contributed by atoms with Crippen molar-refractivity contribution >= 4 is 5.97 Å². The molecule has 0 amide bonds. The number of aliphatic carboxylic acids is 1. The number of rotatable bonds is 3. The third-order valence-corrected chi connectivity index (χ3v) is 2.89. The summed E-state index contributed by atoms with van der Waals surface area (Å²) >= 11 is 0. The lowest BCUT2D eigenvalue weighted by atomic mass is 10.0. The van der Waals surface area contributed by atoms with Gasteiger partial charge in [0.05, 0.1) is 12.1 Å². The molecule has 1 heterocycles. The van der Waals surface area contributed by atoms with Gasteiger partial charge in [0, 0.05) is 11.1 Å². The lowest BCUT2D eigenvalue weighted by molar-refractivity contribution is -0.136. The standard InChI is InChI=1S/C14H14N2O3/c1-8-3-4-9(2)11(5-8)12-6-10(7-13(17)18)14(19)16-15-12/h3-6H,7H2,1-2H3,(H,16,19)(H,17,18). The fraction of sp³-hybridized carbons (Fsp3) is 0.214. The normalized spacial score (nSPS) is 10.4. The molecule has 0 fully saturated rings. The minimum absolute atomic E-state index is 0.207. The van der Waals surface area contributed by atoms with Crippen molar-refractivity contribution in [2.45, 2.75) is 20.3 Å². The number of nitrogens with zero attached hydrogens (tertiary/aromatic N) is 1. The summed E-state index contributed by atoms with van der Waals surface area (Å²) in [6, 6.07) is 7.45. The van der Waals surface area contributed by atoms with Gasteiger partial charge >= 0.3 is 5.97 Å². The zero-order chi connectivity index (χ0) is 14.0. The van der Waals surface area contributed by atoms with Crippen LogP contribution in [0.5, 0.6) is 0 Å². The number of carboxylic acids is 1. The van der Waals surface area contributed by atoms with E-state index in [1.165, 1.54) is 6.07 Å². The van der Waals surface area contributed by atoms with Crippen molar-refractivity contribution in [2.75, 3.05) is 0 Å². The SMILES string of the molecule is Cc1ccc(C)c(-c2cc(CC(=O)O)c(=O)[nH]n2)c1. The largest absolute Gasteiger partial charge is 0.481 e. The molecule has 19 heavy (non-hydrogen) atoms. The molecular formula is C14H14N2O3. The van der Waals surface area contributed by atoms with Crippen LogP contribution in [0, 0.1) is 13.8 Å². The number of carbonyl (C=O) groups is 1. The predicted octanol–water partition coefficient (Wildman–Crippen LogP) is 1.68. The number of aromatic nitrogens is 2. The van der Waals surface area contributed by atoms with Crippen molar-refractivity contribution in [3.8, 4) is 11.3 Å². The first kappa shape index (κ1) is 13.0. The van der Waals surface area contributed by atoms with Gasteiger partial charge < -0.3 is 5.11 Å². The second-order valence-corrected chi connectivity index (χ2v) is 4.50. The summed E-state index contributed by atoms with van der Waals surface area (Å²) in [7, 11) is 0. The van der Waals surface area contributed by atoms with E-state index in [2.05, 4.69) is 10.2 Å². The van der Waals surface area contributed by atoms with E-state index in [9.17, 15) is 9.59 Å². The van der Waals surface area contributed by atoms with Gasteiger partial charge in [-0.3, -0.25) is 9.59 Å². The number of hydrogen-bond acceptors (Lipinski definition) is 3. The van der Waals surface area contributed by atoms with Gasteiger partial charge in [0.15, 0.2) is 0 Å². The summed E-state index contributed by atoms with van der Waals surface area (Å²) < 4.78 is 0. The summed E-state index contributed by atoms with van der Waals surface area (Å²) in [6.45, 7) is 3.91. The van der Waals surface area contributed by atoms with Crippen LogP contribution in [-0.4, -0.2) is 21.3 Å². The van der Waals surface area contributed by atoms with E-state index in [0.29, 0.717) is 5.69 Å². The van der Waals surface area contributed by atoms with E-state index in [1.807, 2.05) is 32.0 Å². The zero-order valence-corrected chi connectivity index (χ0v) is 10.7. The fourth-order valence-electron chi connectivity index (χ4n) is 1.89. The van der Waals surface area contributed by atoms with Gasteiger partial charge in [0.25, 0.3) is 5.56 Å². The molecule has 5 nitrogen and oxygen atoms in total. The number of hydrogen-bond donors (Lipinski definition) is 2. The summed E-state index contributed by atoms with van der Waals surface area (Å²) in [4.78, 5) is 22.2. The van der Waals surface area contributed by atoms with Crippen LogP contribution in [0.25, 0.3) is 11.3 Å². The summed E-state index contributed by atoms with van der Waals surface area (Å²) in [5.74, 6) is -1.04. The smallest absolute Gasteiger partial charge is 0.308 e. The molecule has 2 aromatic rings. The monoisotopic (exact) mass is 258 g/mol. The van der Waals surface area contributed by atoms with Crippen molar-refractivity contribution in [3.63, 3.8) is 0 Å². The van der Waals surface area contributed by atoms with Gasteiger partial charge in [-0.2, -0.15) is 5.10 Å². The highest BCUT2D eigenvalue weighted by atomic mass is 16.4. The van der Waals surface area contributed by atoms with E-state index in [4.69, 9.17) is 5.11 Å². The maximum absolute atomic E-state index is 11.5. The predicted molar refractivity (Wildman–Crippen MR) is 71.1 cm³/mol. The molecule has 2 rings (SSSR count). The lowest BCUT2D eigenvalue weighted by Gasteiger charge is -2.07.